The molecule has 8 aliphatic carbocycles. The number of allylic oxidation sites excluding steroid dienone is 3. The molecule has 4 heterocycles. The van der Waals surface area contributed by atoms with E-state index in [0.29, 0.717) is 59.0 Å². The van der Waals surface area contributed by atoms with Crippen molar-refractivity contribution in [3.63, 3.8) is 0 Å². The minimum absolute atomic E-state index is 0.0178. The van der Waals surface area contributed by atoms with Gasteiger partial charge in [-0.1, -0.05) is 160 Å². The van der Waals surface area contributed by atoms with Crippen LogP contribution in [-0.2, 0) is 59.0 Å². The molecule has 4 aliphatic heterocycles. The second-order valence-corrected chi connectivity index (χ2v) is 28.3. The van der Waals surface area contributed by atoms with Gasteiger partial charge in [0.2, 0.25) is 0 Å². The van der Waals surface area contributed by atoms with Crippen LogP contribution in [0.2, 0.25) is 0 Å². The van der Waals surface area contributed by atoms with Crippen molar-refractivity contribution in [2.45, 2.75) is 190 Å². The maximum absolute atomic E-state index is 12.7. The summed E-state index contributed by atoms with van der Waals surface area (Å²) in [6.45, 7) is 8.48. The van der Waals surface area contributed by atoms with Gasteiger partial charge in [-0.05, 0) is 181 Å². The molecule has 10 fully saturated rings. The third kappa shape index (κ3) is 10.5. The summed E-state index contributed by atoms with van der Waals surface area (Å²) in [5, 5.41) is 9.66. The SMILES string of the molecule is C=C1O[C@@]23CC=CC[C@H]2CC[C@H]3[C@H]1Cc1ccccc1.CC1C[C@@H]2CCCC[C@H]3[C@@H](Cc4ccccc4)C(=O)O[C@@]23C1.Cc1cc(C[C@H]2C(=O)O[C@@]34CC=CC[C@H]3CC[C@@H]24)ccc1O.O=C1O[C@@]23CCCC[C@H]2CC[C@H]3[C@H]1Cc1ccccc1. The maximum Gasteiger partial charge on any atom is 0.310 e. The molecule has 6 saturated carbocycles. The molecule has 1 unspecified atom stereocenters. The van der Waals surface area contributed by atoms with Crippen molar-refractivity contribution in [2.75, 3.05) is 0 Å². The molecule has 1 N–H and O–H groups in total. The Labute approximate surface area is 500 Å². The first-order valence-electron chi connectivity index (χ1n) is 33.1. The van der Waals surface area contributed by atoms with Crippen LogP contribution in [0.3, 0.4) is 0 Å². The molecule has 4 aromatic carbocycles. The zero-order valence-electron chi connectivity index (χ0n) is 50.2. The molecule has 84 heavy (non-hydrogen) atoms. The lowest BCUT2D eigenvalue weighted by Gasteiger charge is -2.38. The smallest absolute Gasteiger partial charge is 0.310 e. The third-order valence-electron chi connectivity index (χ3n) is 23.9. The van der Waals surface area contributed by atoms with E-state index >= 15 is 0 Å². The number of hydrogen-bond acceptors (Lipinski definition) is 8. The molecule has 12 aliphatic rings. The third-order valence-corrected chi connectivity index (χ3v) is 23.9. The van der Waals surface area contributed by atoms with Crippen molar-refractivity contribution in [3.8, 4) is 5.75 Å². The molecular weight excluding hydrogens is 1040 g/mol. The van der Waals surface area contributed by atoms with Crippen LogP contribution in [0.25, 0.3) is 0 Å². The second-order valence-electron chi connectivity index (χ2n) is 28.3. The van der Waals surface area contributed by atoms with E-state index < -0.39 is 0 Å². The standard InChI is InChI=1S/C20H26O2.C19H22O3.C19H22O.C18H22O2/c1-14-11-16-9-5-6-10-18-17(12-15-7-3-2-4-8-15)19(21)22-20(16,18)13-14;1-12-10-13(5-8-17(12)20)11-15-16-7-6-14-4-2-3-9-19(14,16)22-18(15)21;1-14-17(13-15-7-3-2-4-8-15)18-11-10-16-9-5-6-12-19(16,18)20-14;19-17-15(12-13-6-2-1-3-7-13)16-10-9-14-8-4-5-11-18(14,16)20-17/h2-4,7-8,14,16-18H,5-6,9-13H2,1H3;2-3,5,8,10,14-16,20H,4,6-7,9,11H2,1H3;2-8,16-18H,1,9-13H2;1-3,6-7,14-16H,4-5,8-12H2/t14?,16-,17+,18-,20-;14-,15+,16-,19-;16-,17-,18-,19-;14-,15+,16-,18-/m0000/s1. The average molecular weight is 1130 g/mol. The van der Waals surface area contributed by atoms with Crippen LogP contribution in [-0.4, -0.2) is 45.4 Å². The highest BCUT2D eigenvalue weighted by molar-refractivity contribution is 5.78. The van der Waals surface area contributed by atoms with E-state index in [1.807, 2.05) is 31.2 Å². The van der Waals surface area contributed by atoms with Gasteiger partial charge in [0.15, 0.2) is 0 Å². The number of aryl methyl sites for hydroxylation is 1. The molecule has 0 amide bonds. The molecule has 0 aromatic heterocycles. The van der Waals surface area contributed by atoms with Gasteiger partial charge in [-0.2, -0.15) is 0 Å². The van der Waals surface area contributed by atoms with Crippen LogP contribution < -0.4 is 0 Å². The van der Waals surface area contributed by atoms with Crippen molar-refractivity contribution in [2.24, 2.45) is 76.9 Å². The zero-order chi connectivity index (χ0) is 57.6. The fourth-order valence-electron chi connectivity index (χ4n) is 20.1. The van der Waals surface area contributed by atoms with Gasteiger partial charge in [0, 0.05) is 54.3 Å². The topological polar surface area (TPSA) is 108 Å². The molecule has 4 aromatic rings. The first-order chi connectivity index (χ1) is 40.9. The highest BCUT2D eigenvalue weighted by Crippen LogP contribution is 2.62. The lowest BCUT2D eigenvalue weighted by atomic mass is 9.71. The Balaban J connectivity index is 0.000000105. The van der Waals surface area contributed by atoms with Gasteiger partial charge in [0.05, 0.1) is 23.5 Å². The summed E-state index contributed by atoms with van der Waals surface area (Å²) in [4.78, 5) is 37.6. The van der Waals surface area contributed by atoms with E-state index in [0.717, 1.165) is 87.0 Å². The number of ether oxygens (including phenoxy) is 4. The number of phenolic OH excluding ortho intramolecular Hbond substituents is 1. The van der Waals surface area contributed by atoms with E-state index in [2.05, 4.69) is 117 Å². The molecule has 4 spiro atoms. The average Bonchev–Trinajstić information content (AvgIpc) is 3.04. The number of benzene rings is 4. The van der Waals surface area contributed by atoms with E-state index in [1.54, 1.807) is 6.07 Å². The number of esters is 3. The number of aromatic hydroxyl groups is 1. The van der Waals surface area contributed by atoms with Crippen LogP contribution in [0.1, 0.15) is 163 Å². The molecule has 0 bridgehead atoms. The fraction of sp³-hybridized carbons (Fsp3) is 0.566. The predicted octanol–water partition coefficient (Wildman–Crippen LogP) is 16.2. The van der Waals surface area contributed by atoms with Crippen LogP contribution >= 0.6 is 0 Å². The van der Waals surface area contributed by atoms with Gasteiger partial charge in [0.1, 0.15) is 28.2 Å². The van der Waals surface area contributed by atoms with Crippen LogP contribution in [0.4, 0.5) is 0 Å². The van der Waals surface area contributed by atoms with Gasteiger partial charge in [0.25, 0.3) is 0 Å². The Kier molecular flexibility index (Phi) is 16.2. The number of rotatable bonds is 8. The number of hydrogen-bond donors (Lipinski definition) is 1. The summed E-state index contributed by atoms with van der Waals surface area (Å²) in [5.41, 5.74) is 5.61. The van der Waals surface area contributed by atoms with Gasteiger partial charge in [-0.25, -0.2) is 0 Å². The predicted molar refractivity (Wildman–Crippen MR) is 328 cm³/mol. The van der Waals surface area contributed by atoms with Crippen molar-refractivity contribution in [1.29, 1.82) is 0 Å². The van der Waals surface area contributed by atoms with Gasteiger partial charge < -0.3 is 24.1 Å². The molecule has 4 saturated heterocycles. The highest BCUT2D eigenvalue weighted by Gasteiger charge is 2.65. The molecule has 8 nitrogen and oxygen atoms in total. The Morgan fingerprint density at radius 1 is 0.464 bits per heavy atom. The summed E-state index contributed by atoms with van der Waals surface area (Å²) in [7, 11) is 0. The Morgan fingerprint density at radius 3 is 1.50 bits per heavy atom. The Morgan fingerprint density at radius 2 is 0.917 bits per heavy atom. The fourth-order valence-corrected chi connectivity index (χ4v) is 20.1. The number of carbonyl (C=O) groups is 3. The number of phenols is 1. The summed E-state index contributed by atoms with van der Waals surface area (Å²) in [5.74, 6) is 7.27. The van der Waals surface area contributed by atoms with Gasteiger partial charge >= 0.3 is 17.9 Å². The first-order valence-corrected chi connectivity index (χ1v) is 33.1. The largest absolute Gasteiger partial charge is 0.508 e. The minimum Gasteiger partial charge on any atom is -0.508 e. The van der Waals surface area contributed by atoms with E-state index in [9.17, 15) is 19.5 Å². The van der Waals surface area contributed by atoms with Crippen molar-refractivity contribution in [3.05, 3.63) is 174 Å². The van der Waals surface area contributed by atoms with E-state index in [4.69, 9.17) is 18.9 Å². The second kappa shape index (κ2) is 23.8. The first kappa shape index (κ1) is 57.2. The molecule has 0 radical (unpaired) electrons. The quantitative estimate of drug-likeness (QED) is 0.106. The Hall–Kier alpha value is -5.89. The van der Waals surface area contributed by atoms with E-state index in [1.165, 1.54) is 107 Å². The molecule has 8 heteroatoms. The molecule has 16 rings (SSSR count). The molecule has 444 valence electrons. The number of carbonyl (C=O) groups excluding carboxylic acids is 3. The van der Waals surface area contributed by atoms with Crippen LogP contribution in [0, 0.1) is 83.9 Å². The highest BCUT2D eigenvalue weighted by atomic mass is 16.6. The minimum atomic E-state index is -0.220. The van der Waals surface area contributed by atoms with Crippen molar-refractivity contribution in [1.82, 2.24) is 0 Å². The Bertz CT molecular complexity index is 3080. The lowest BCUT2D eigenvalue weighted by molar-refractivity contribution is -0.157. The van der Waals surface area contributed by atoms with Crippen molar-refractivity contribution < 1.29 is 38.4 Å². The van der Waals surface area contributed by atoms with Crippen LogP contribution in [0.15, 0.2) is 146 Å². The summed E-state index contributed by atoms with van der Waals surface area (Å²) in [6, 6.07) is 37.3. The molecular formula is C76H92O8. The van der Waals surface area contributed by atoms with Gasteiger partial charge in [-0.3, -0.25) is 14.4 Å². The summed E-state index contributed by atoms with van der Waals surface area (Å²) in [6.07, 6.45) is 36.5. The van der Waals surface area contributed by atoms with Gasteiger partial charge in [-0.15, -0.1) is 0 Å². The van der Waals surface area contributed by atoms with Crippen LogP contribution in [0.5, 0.6) is 5.75 Å². The monoisotopic (exact) mass is 1130 g/mol. The lowest BCUT2D eigenvalue weighted by Crippen LogP contribution is -2.41. The molecule has 17 atom stereocenters. The summed E-state index contributed by atoms with van der Waals surface area (Å²) >= 11 is 0. The summed E-state index contributed by atoms with van der Waals surface area (Å²) < 4.78 is 24.6. The zero-order valence-corrected chi connectivity index (χ0v) is 50.2. The van der Waals surface area contributed by atoms with E-state index in [-0.39, 0.29) is 58.1 Å². The normalized spacial score (nSPS) is 38.6. The van der Waals surface area contributed by atoms with Crippen molar-refractivity contribution >= 4 is 17.9 Å². The maximum atomic E-state index is 12.7.